The molecule has 2 rings (SSSR count). The van der Waals surface area contributed by atoms with Crippen LogP contribution in [0, 0.1) is 0 Å². The quantitative estimate of drug-likeness (QED) is 0.661. The van der Waals surface area contributed by atoms with Gasteiger partial charge in [-0.05, 0) is 49.2 Å². The van der Waals surface area contributed by atoms with Crippen LogP contribution in [0.1, 0.15) is 19.3 Å². The van der Waals surface area contributed by atoms with Crippen LogP contribution in [0.3, 0.4) is 0 Å². The molecule has 0 amide bonds. The molecule has 0 N–H and O–H groups in total. The fraction of sp³-hybridized carbons (Fsp3) is 0.471. The number of allylic oxidation sites excluding steroid dienone is 7. The van der Waals surface area contributed by atoms with Crippen molar-refractivity contribution in [2.24, 2.45) is 0 Å². The van der Waals surface area contributed by atoms with E-state index in [1.807, 2.05) is 0 Å². The molecule has 0 spiro atoms. The highest BCUT2D eigenvalue weighted by atomic mass is 28.4. The van der Waals surface area contributed by atoms with E-state index < -0.39 is 16.7 Å². The minimum absolute atomic E-state index is 0.513. The van der Waals surface area contributed by atoms with Crippen LogP contribution >= 0.6 is 0 Å². The molecule has 0 radical (unpaired) electrons. The summed E-state index contributed by atoms with van der Waals surface area (Å²) >= 11 is 0. The Morgan fingerprint density at radius 3 is 2.55 bits per heavy atom. The van der Waals surface area contributed by atoms with E-state index in [0.29, 0.717) is 0 Å². The molecule has 1 nitrogen and oxygen atoms in total. The lowest BCUT2D eigenvalue weighted by molar-refractivity contribution is 0.552. The monoisotopic (exact) mass is 302 g/mol. The molecule has 0 saturated heterocycles. The van der Waals surface area contributed by atoms with Crippen LogP contribution in [0.15, 0.2) is 47.1 Å². The second kappa shape index (κ2) is 6.23. The first-order chi connectivity index (χ1) is 9.37. The molecule has 0 aromatic carbocycles. The maximum Gasteiger partial charge on any atom is 0.241 e. The minimum atomic E-state index is -1.49. The fourth-order valence-electron chi connectivity index (χ4n) is 2.57. The molecule has 3 heteroatoms. The van der Waals surface area contributed by atoms with Crippen LogP contribution in [0.25, 0.3) is 0 Å². The third kappa shape index (κ3) is 4.03. The maximum absolute atomic E-state index is 6.37. The van der Waals surface area contributed by atoms with Gasteiger partial charge in [0.05, 0.1) is 13.8 Å². The lowest BCUT2D eigenvalue weighted by atomic mass is 9.98. The van der Waals surface area contributed by atoms with Gasteiger partial charge in [-0.1, -0.05) is 43.5 Å². The average molecular weight is 303 g/mol. The van der Waals surface area contributed by atoms with Crippen molar-refractivity contribution in [1.29, 1.82) is 0 Å². The molecule has 0 aliphatic heterocycles. The summed E-state index contributed by atoms with van der Waals surface area (Å²) in [4.78, 5) is 0. The standard InChI is InChI=1S/C17H26OSi2/c1-19(2)17(18-20(3,4)5)13-15-11-8-12-16(15)14-9-6-7-10-14/h6-7,9,11-12H,8,10,13H2,1-5H3. The predicted octanol–water partition coefficient (Wildman–Crippen LogP) is 4.84. The van der Waals surface area contributed by atoms with Crippen LogP contribution in [-0.4, -0.2) is 22.1 Å². The fourth-order valence-corrected chi connectivity index (χ4v) is 5.66. The Balaban J connectivity index is 2.12. The zero-order valence-corrected chi connectivity index (χ0v) is 15.4. The first kappa shape index (κ1) is 15.5. The SMILES string of the molecule is C[Si](C)=C(CC1=CCC=C1C1=CC=CC1)O[Si](C)(C)C. The summed E-state index contributed by atoms with van der Waals surface area (Å²) in [5.74, 6) is 0. The van der Waals surface area contributed by atoms with E-state index in [9.17, 15) is 0 Å². The van der Waals surface area contributed by atoms with E-state index in [0.717, 1.165) is 19.3 Å². The first-order valence-corrected chi connectivity index (χ1v) is 13.4. The number of rotatable bonds is 5. The molecule has 0 atom stereocenters. The van der Waals surface area contributed by atoms with Gasteiger partial charge in [0.15, 0.2) is 0 Å². The summed E-state index contributed by atoms with van der Waals surface area (Å²) in [6.07, 6.45) is 14.6. The predicted molar refractivity (Wildman–Crippen MR) is 94.2 cm³/mol. The molecule has 108 valence electrons. The average Bonchev–Trinajstić information content (AvgIpc) is 2.94. The van der Waals surface area contributed by atoms with E-state index in [1.54, 1.807) is 0 Å². The van der Waals surface area contributed by atoms with Crippen LogP contribution < -0.4 is 0 Å². The van der Waals surface area contributed by atoms with Crippen molar-refractivity contribution in [3.05, 3.63) is 47.1 Å². The molecule has 0 unspecified atom stereocenters. The van der Waals surface area contributed by atoms with Crippen LogP contribution in [0.2, 0.25) is 32.7 Å². The van der Waals surface area contributed by atoms with Crippen molar-refractivity contribution in [2.45, 2.75) is 52.0 Å². The van der Waals surface area contributed by atoms with Gasteiger partial charge in [0.1, 0.15) is 0 Å². The van der Waals surface area contributed by atoms with Gasteiger partial charge in [0, 0.05) is 6.42 Å². The highest BCUT2D eigenvalue weighted by Gasteiger charge is 2.21. The Labute approximate surface area is 126 Å². The van der Waals surface area contributed by atoms with Crippen LogP contribution in [0.4, 0.5) is 0 Å². The van der Waals surface area contributed by atoms with Gasteiger partial charge in [-0.2, -0.15) is 0 Å². The molecule has 0 bridgehead atoms. The van der Waals surface area contributed by atoms with Gasteiger partial charge in [-0.3, -0.25) is 0 Å². The molecule has 0 heterocycles. The van der Waals surface area contributed by atoms with E-state index >= 15 is 0 Å². The van der Waals surface area contributed by atoms with E-state index in [4.69, 9.17) is 4.43 Å². The van der Waals surface area contributed by atoms with Gasteiger partial charge in [0.2, 0.25) is 8.32 Å². The maximum atomic E-state index is 6.37. The van der Waals surface area contributed by atoms with Crippen LogP contribution in [-0.2, 0) is 4.43 Å². The lowest BCUT2D eigenvalue weighted by Gasteiger charge is -2.24. The lowest BCUT2D eigenvalue weighted by Crippen LogP contribution is -2.32. The Kier molecular flexibility index (Phi) is 4.81. The second-order valence-corrected chi connectivity index (χ2v) is 13.7. The molecule has 0 saturated carbocycles. The van der Waals surface area contributed by atoms with E-state index in [-0.39, 0.29) is 0 Å². The number of hydrogen-bond donors (Lipinski definition) is 0. The Hall–Kier alpha value is -0.936. The second-order valence-electron chi connectivity index (χ2n) is 6.72. The summed E-state index contributed by atoms with van der Waals surface area (Å²) in [6, 6.07) is 0. The third-order valence-corrected chi connectivity index (χ3v) is 5.94. The van der Waals surface area contributed by atoms with Crippen molar-refractivity contribution in [3.63, 3.8) is 0 Å². The zero-order chi connectivity index (χ0) is 14.8. The molecular weight excluding hydrogens is 276 g/mol. The van der Waals surface area contributed by atoms with Gasteiger partial charge in [0.25, 0.3) is 0 Å². The Bertz CT molecular complexity index is 536. The highest BCUT2D eigenvalue weighted by molar-refractivity contribution is 6.76. The van der Waals surface area contributed by atoms with Crippen molar-refractivity contribution >= 4 is 22.1 Å². The molecule has 20 heavy (non-hydrogen) atoms. The summed E-state index contributed by atoms with van der Waals surface area (Å²) in [6.45, 7) is 11.5. The molecule has 0 aromatic heterocycles. The molecule has 0 aromatic rings. The van der Waals surface area contributed by atoms with Gasteiger partial charge in [-0.15, -0.1) is 0 Å². The normalized spacial score (nSPS) is 17.8. The largest absolute Gasteiger partial charge is 0.552 e. The summed E-state index contributed by atoms with van der Waals surface area (Å²) in [7, 11) is -2.01. The van der Waals surface area contributed by atoms with Gasteiger partial charge >= 0.3 is 0 Å². The van der Waals surface area contributed by atoms with E-state index in [1.165, 1.54) is 22.1 Å². The molecule has 2 aliphatic carbocycles. The minimum Gasteiger partial charge on any atom is -0.552 e. The van der Waals surface area contributed by atoms with Crippen molar-refractivity contribution in [1.82, 2.24) is 0 Å². The molecular formula is C17H26OSi2. The van der Waals surface area contributed by atoms with Crippen molar-refractivity contribution in [3.8, 4) is 0 Å². The number of hydrogen-bond acceptors (Lipinski definition) is 1. The van der Waals surface area contributed by atoms with Gasteiger partial charge in [-0.25, -0.2) is 0 Å². The topological polar surface area (TPSA) is 9.23 Å². The first-order valence-electron chi connectivity index (χ1n) is 7.48. The molecule has 0 fully saturated rings. The highest BCUT2D eigenvalue weighted by Crippen LogP contribution is 2.33. The molecule has 2 aliphatic rings. The summed E-state index contributed by atoms with van der Waals surface area (Å²) in [5, 5.41) is 1.36. The van der Waals surface area contributed by atoms with E-state index in [2.05, 4.69) is 63.1 Å². The Morgan fingerprint density at radius 1 is 1.25 bits per heavy atom. The Morgan fingerprint density at radius 2 is 2.00 bits per heavy atom. The van der Waals surface area contributed by atoms with Gasteiger partial charge < -0.3 is 4.43 Å². The summed E-state index contributed by atoms with van der Waals surface area (Å²) in [5.41, 5.74) is 4.43. The van der Waals surface area contributed by atoms with Crippen LogP contribution in [0.5, 0.6) is 0 Å². The third-order valence-electron chi connectivity index (χ3n) is 3.49. The van der Waals surface area contributed by atoms with Crippen molar-refractivity contribution < 1.29 is 4.43 Å². The summed E-state index contributed by atoms with van der Waals surface area (Å²) < 4.78 is 6.37. The zero-order valence-electron chi connectivity index (χ0n) is 13.4. The smallest absolute Gasteiger partial charge is 0.241 e. The van der Waals surface area contributed by atoms with Crippen molar-refractivity contribution in [2.75, 3.05) is 0 Å².